The zero-order valence-corrected chi connectivity index (χ0v) is 18.0. The number of hydrogen-bond acceptors (Lipinski definition) is 7. The molecule has 2 aromatic rings. The number of hydrogen-bond donors (Lipinski definition) is 3. The Morgan fingerprint density at radius 1 is 1.13 bits per heavy atom. The van der Waals surface area contributed by atoms with Crippen LogP contribution in [0.2, 0.25) is 0 Å². The van der Waals surface area contributed by atoms with Crippen molar-refractivity contribution < 1.29 is 9.84 Å². The maximum Gasteiger partial charge on any atom is 0.150 e. The lowest BCUT2D eigenvalue weighted by Gasteiger charge is -2.28. The molecule has 0 amide bonds. The summed E-state index contributed by atoms with van der Waals surface area (Å²) in [5, 5.41) is 10.1. The van der Waals surface area contributed by atoms with Crippen LogP contribution in [0.3, 0.4) is 0 Å². The fraction of sp³-hybridized carbons (Fsp3) is 0.478. The van der Waals surface area contributed by atoms with Gasteiger partial charge in [0.25, 0.3) is 0 Å². The van der Waals surface area contributed by atoms with Crippen molar-refractivity contribution in [2.75, 3.05) is 36.6 Å². The molecule has 2 aliphatic rings. The average molecular weight is 410 g/mol. The molecular formula is C23H31N5O2. The molecule has 160 valence electrons. The van der Waals surface area contributed by atoms with E-state index in [9.17, 15) is 5.11 Å². The number of aromatic nitrogens is 2. The Labute approximate surface area is 178 Å². The Kier molecular flexibility index (Phi) is 5.92. The van der Waals surface area contributed by atoms with Crippen molar-refractivity contribution in [2.24, 2.45) is 0 Å². The molecule has 0 unspecified atom stereocenters. The minimum absolute atomic E-state index is 0.601. The molecule has 1 aromatic heterocycles. The van der Waals surface area contributed by atoms with E-state index in [0.29, 0.717) is 26.1 Å². The van der Waals surface area contributed by atoms with Crippen LogP contribution in [-0.2, 0) is 17.6 Å². The molecule has 0 atom stereocenters. The van der Waals surface area contributed by atoms with E-state index in [1.54, 1.807) is 0 Å². The monoisotopic (exact) mass is 409 g/mol. The summed E-state index contributed by atoms with van der Waals surface area (Å²) < 4.78 is 5.48. The number of allylic oxidation sites excluding steroid dienone is 1. The van der Waals surface area contributed by atoms with Gasteiger partial charge in [-0.3, -0.25) is 10.9 Å². The van der Waals surface area contributed by atoms with Gasteiger partial charge in [0.1, 0.15) is 17.5 Å². The number of aliphatic hydroxyl groups is 1. The number of benzene rings is 1. The molecule has 0 saturated carbocycles. The molecule has 3 N–H and O–H groups in total. The Morgan fingerprint density at radius 2 is 1.93 bits per heavy atom. The normalized spacial score (nSPS) is 16.3. The molecule has 0 bridgehead atoms. The predicted molar refractivity (Wildman–Crippen MR) is 119 cm³/mol. The summed E-state index contributed by atoms with van der Waals surface area (Å²) >= 11 is 0. The zero-order chi connectivity index (χ0) is 21.1. The summed E-state index contributed by atoms with van der Waals surface area (Å²) in [7, 11) is 0. The van der Waals surface area contributed by atoms with Crippen LogP contribution in [0.5, 0.6) is 0 Å². The molecule has 0 spiro atoms. The predicted octanol–water partition coefficient (Wildman–Crippen LogP) is 2.84. The van der Waals surface area contributed by atoms with Crippen molar-refractivity contribution in [1.29, 1.82) is 0 Å². The van der Waals surface area contributed by atoms with Crippen LogP contribution in [0.4, 0.5) is 11.6 Å². The fourth-order valence-electron chi connectivity index (χ4n) is 3.72. The molecule has 1 fully saturated rings. The Morgan fingerprint density at radius 3 is 2.70 bits per heavy atom. The number of rotatable bonds is 7. The highest BCUT2D eigenvalue weighted by atomic mass is 16.5. The molecular weight excluding hydrogens is 378 g/mol. The highest BCUT2D eigenvalue weighted by molar-refractivity contribution is 5.73. The largest absolute Gasteiger partial charge is 0.390 e. The number of hydrazine groups is 1. The summed E-state index contributed by atoms with van der Waals surface area (Å²) in [6.07, 6.45) is 4.33. The smallest absolute Gasteiger partial charge is 0.150 e. The first kappa shape index (κ1) is 20.6. The van der Waals surface area contributed by atoms with Crippen molar-refractivity contribution in [3.05, 3.63) is 52.9 Å². The molecule has 2 heterocycles. The number of nitrogens with one attached hydrogen (secondary N) is 2. The topological polar surface area (TPSA) is 82.5 Å². The van der Waals surface area contributed by atoms with E-state index in [1.165, 1.54) is 16.7 Å². The zero-order valence-electron chi connectivity index (χ0n) is 18.0. The summed E-state index contributed by atoms with van der Waals surface area (Å²) in [4.78, 5) is 11.7. The highest BCUT2D eigenvalue weighted by Crippen LogP contribution is 2.27. The van der Waals surface area contributed by atoms with Crippen LogP contribution >= 0.6 is 0 Å². The number of nitrogens with zero attached hydrogens (tertiary/aromatic N) is 3. The lowest BCUT2D eigenvalue weighted by atomic mass is 10.0. The quantitative estimate of drug-likeness (QED) is 0.607. The molecule has 1 saturated heterocycles. The minimum Gasteiger partial charge on any atom is -0.390 e. The maximum absolute atomic E-state index is 10.1. The van der Waals surface area contributed by atoms with Gasteiger partial charge in [-0.1, -0.05) is 23.8 Å². The van der Waals surface area contributed by atoms with E-state index in [1.807, 2.05) is 19.9 Å². The molecule has 4 rings (SSSR count). The van der Waals surface area contributed by atoms with E-state index in [2.05, 4.69) is 51.9 Å². The summed E-state index contributed by atoms with van der Waals surface area (Å²) in [5.41, 5.74) is 10.7. The van der Waals surface area contributed by atoms with Crippen LogP contribution in [0.15, 0.2) is 30.3 Å². The van der Waals surface area contributed by atoms with Crippen molar-refractivity contribution in [3.8, 4) is 0 Å². The Balaban J connectivity index is 1.52. The van der Waals surface area contributed by atoms with Gasteiger partial charge < -0.3 is 14.7 Å². The average Bonchev–Trinajstić information content (AvgIpc) is 3.13. The highest BCUT2D eigenvalue weighted by Gasteiger charge is 2.19. The van der Waals surface area contributed by atoms with E-state index >= 15 is 0 Å². The maximum atomic E-state index is 10.1. The van der Waals surface area contributed by atoms with Crippen molar-refractivity contribution >= 4 is 17.3 Å². The molecule has 7 heteroatoms. The second kappa shape index (κ2) is 8.62. The van der Waals surface area contributed by atoms with Gasteiger partial charge in [0.15, 0.2) is 0 Å². The van der Waals surface area contributed by atoms with Gasteiger partial charge in [-0.2, -0.15) is 0 Å². The molecule has 0 radical (unpaired) electrons. The lowest BCUT2D eigenvalue weighted by Crippen LogP contribution is -2.37. The van der Waals surface area contributed by atoms with Gasteiger partial charge in [0.05, 0.1) is 24.5 Å². The number of anilines is 2. The Bertz CT molecular complexity index is 930. The van der Waals surface area contributed by atoms with Crippen LogP contribution in [0.1, 0.15) is 42.8 Å². The first-order valence-corrected chi connectivity index (χ1v) is 10.6. The van der Waals surface area contributed by atoms with Crippen LogP contribution < -0.4 is 15.8 Å². The lowest BCUT2D eigenvalue weighted by molar-refractivity contribution is 0.0708. The third-order valence-electron chi connectivity index (χ3n) is 5.46. The second-order valence-corrected chi connectivity index (χ2v) is 8.67. The van der Waals surface area contributed by atoms with Gasteiger partial charge in [0, 0.05) is 31.1 Å². The minimum atomic E-state index is -0.750. The third-order valence-corrected chi connectivity index (χ3v) is 5.46. The van der Waals surface area contributed by atoms with Crippen molar-refractivity contribution in [2.45, 2.75) is 45.6 Å². The molecule has 30 heavy (non-hydrogen) atoms. The van der Waals surface area contributed by atoms with Crippen LogP contribution in [-0.4, -0.2) is 47.0 Å². The van der Waals surface area contributed by atoms with Gasteiger partial charge in [0.2, 0.25) is 0 Å². The number of fused-ring (bicyclic) bond motifs is 1. The molecule has 1 aromatic carbocycles. The number of morpholine rings is 1. The molecule has 1 aliphatic carbocycles. The van der Waals surface area contributed by atoms with Crippen molar-refractivity contribution in [3.63, 3.8) is 0 Å². The second-order valence-electron chi connectivity index (χ2n) is 8.67. The van der Waals surface area contributed by atoms with E-state index < -0.39 is 5.60 Å². The standard InChI is InChI=1S/C23H31N5O2/c1-16-4-5-17-6-7-19(18(17)14-16)26-27-21-15-22(28-10-12-30-13-11-28)25-20(24-21)8-9-23(2,3)29/h4-5,7,14-15,26,29H,6,8-13H2,1-3H3,(H,24,25,27). The molecule has 1 aliphatic heterocycles. The van der Waals surface area contributed by atoms with Gasteiger partial charge >= 0.3 is 0 Å². The van der Waals surface area contributed by atoms with Gasteiger partial charge in [-0.25, -0.2) is 9.97 Å². The first-order chi connectivity index (χ1) is 14.4. The van der Waals surface area contributed by atoms with E-state index in [0.717, 1.165) is 42.7 Å². The SMILES string of the molecule is Cc1ccc2c(c1)C(NNc1cc(N3CCOCC3)nc(CCC(C)(C)O)n1)=CC2. The summed E-state index contributed by atoms with van der Waals surface area (Å²) in [6, 6.07) is 8.51. The van der Waals surface area contributed by atoms with Crippen LogP contribution in [0, 0.1) is 6.92 Å². The van der Waals surface area contributed by atoms with E-state index in [-0.39, 0.29) is 0 Å². The fourth-order valence-corrected chi connectivity index (χ4v) is 3.72. The Hall–Kier alpha value is -2.64. The summed E-state index contributed by atoms with van der Waals surface area (Å²) in [5.74, 6) is 2.33. The van der Waals surface area contributed by atoms with Gasteiger partial charge in [-0.15, -0.1) is 0 Å². The van der Waals surface area contributed by atoms with Crippen molar-refractivity contribution in [1.82, 2.24) is 15.4 Å². The first-order valence-electron chi connectivity index (χ1n) is 10.6. The van der Waals surface area contributed by atoms with E-state index in [4.69, 9.17) is 9.72 Å². The van der Waals surface area contributed by atoms with Crippen LogP contribution in [0.25, 0.3) is 5.70 Å². The van der Waals surface area contributed by atoms with Gasteiger partial charge in [-0.05, 0) is 45.2 Å². The summed E-state index contributed by atoms with van der Waals surface area (Å²) in [6.45, 7) is 8.76. The molecule has 7 nitrogen and oxygen atoms in total. The third kappa shape index (κ3) is 5.09. The number of aryl methyl sites for hydroxylation is 2. The number of ether oxygens (including phenoxy) is 1.